The van der Waals surface area contributed by atoms with E-state index in [0.717, 1.165) is 13.1 Å². The Kier molecular flexibility index (Phi) is 9.22. The maximum Gasteiger partial charge on any atom is 0.299 e. The van der Waals surface area contributed by atoms with E-state index in [0.29, 0.717) is 23.7 Å². The minimum absolute atomic E-state index is 0.368. The number of hydrogen-bond acceptors (Lipinski definition) is 1. The van der Waals surface area contributed by atoms with Crippen molar-refractivity contribution in [2.24, 2.45) is 0 Å². The van der Waals surface area contributed by atoms with Crippen LogP contribution >= 0.6 is 0 Å². The molecule has 1 aliphatic heterocycles. The van der Waals surface area contributed by atoms with Gasteiger partial charge < -0.3 is 4.90 Å². The van der Waals surface area contributed by atoms with Gasteiger partial charge in [-0.2, -0.15) is 9.13 Å². The van der Waals surface area contributed by atoms with Crippen LogP contribution < -0.4 is 9.47 Å². The maximum atomic E-state index is 2.60. The highest BCUT2D eigenvalue weighted by Crippen LogP contribution is 2.40. The summed E-state index contributed by atoms with van der Waals surface area (Å²) in [4.78, 5) is 2.52. The molecule has 0 amide bonds. The molecule has 46 heavy (non-hydrogen) atoms. The van der Waals surface area contributed by atoms with Gasteiger partial charge >= 0.3 is 0 Å². The SMILES string of the molecule is CC(C)c1cccc(C(C)C)c1-n1c(-c2ccc(N3CCCC3)cc2)c[n+](-c2c(C(C)C)cccc2C(C)C)c1-c1ccccc1. The summed E-state index contributed by atoms with van der Waals surface area (Å²) in [5.74, 6) is 2.70. The molecular weight excluding hydrogens is 558 g/mol. The molecule has 0 radical (unpaired) electrons. The van der Waals surface area contributed by atoms with Crippen LogP contribution in [0.3, 0.4) is 0 Å². The second kappa shape index (κ2) is 13.3. The fourth-order valence-corrected chi connectivity index (χ4v) is 7.30. The van der Waals surface area contributed by atoms with E-state index in [1.54, 1.807) is 0 Å². The van der Waals surface area contributed by atoms with E-state index < -0.39 is 0 Å². The minimum atomic E-state index is 0.368. The third-order valence-electron chi connectivity index (χ3n) is 9.75. The van der Waals surface area contributed by atoms with Crippen molar-refractivity contribution in [1.29, 1.82) is 0 Å². The Morgan fingerprint density at radius 1 is 0.522 bits per heavy atom. The van der Waals surface area contributed by atoms with E-state index in [9.17, 15) is 0 Å². The average molecular weight is 611 g/mol. The van der Waals surface area contributed by atoms with Crippen LogP contribution in [0.5, 0.6) is 0 Å². The number of imidazole rings is 1. The van der Waals surface area contributed by atoms with Gasteiger partial charge in [-0.1, -0.05) is 110 Å². The Morgan fingerprint density at radius 2 is 1.02 bits per heavy atom. The quantitative estimate of drug-likeness (QED) is 0.151. The molecule has 238 valence electrons. The van der Waals surface area contributed by atoms with Crippen molar-refractivity contribution in [1.82, 2.24) is 4.57 Å². The normalized spacial score (nSPS) is 13.6. The topological polar surface area (TPSA) is 12.1 Å². The molecule has 1 saturated heterocycles. The Morgan fingerprint density at radius 3 is 1.52 bits per heavy atom. The van der Waals surface area contributed by atoms with Gasteiger partial charge in [-0.05, 0) is 72.9 Å². The summed E-state index contributed by atoms with van der Waals surface area (Å²) in [5, 5.41) is 0. The molecule has 0 N–H and O–H groups in total. The Labute approximate surface area is 277 Å². The van der Waals surface area contributed by atoms with Gasteiger partial charge in [-0.15, -0.1) is 0 Å². The van der Waals surface area contributed by atoms with Gasteiger partial charge in [0.2, 0.25) is 0 Å². The molecule has 1 aromatic heterocycles. The van der Waals surface area contributed by atoms with Gasteiger partial charge in [-0.25, -0.2) is 0 Å². The van der Waals surface area contributed by atoms with Crippen molar-refractivity contribution >= 4 is 5.69 Å². The number of para-hydroxylation sites is 2. The van der Waals surface area contributed by atoms with Crippen molar-refractivity contribution in [3.63, 3.8) is 0 Å². The number of benzene rings is 4. The number of rotatable bonds is 9. The van der Waals surface area contributed by atoms with E-state index in [1.165, 1.54) is 74.8 Å². The summed E-state index contributed by atoms with van der Waals surface area (Å²) >= 11 is 0. The molecule has 1 fully saturated rings. The van der Waals surface area contributed by atoms with Gasteiger partial charge in [0, 0.05) is 46.6 Å². The maximum absolute atomic E-state index is 2.60. The van der Waals surface area contributed by atoms with Gasteiger partial charge in [0.05, 0.1) is 5.56 Å². The third kappa shape index (κ3) is 5.93. The second-order valence-electron chi connectivity index (χ2n) is 14.3. The zero-order valence-electron chi connectivity index (χ0n) is 29.2. The molecule has 0 spiro atoms. The first-order valence-corrected chi connectivity index (χ1v) is 17.5. The first-order chi connectivity index (χ1) is 22.2. The molecule has 3 nitrogen and oxygen atoms in total. The Hall–Kier alpha value is -4.11. The lowest BCUT2D eigenvalue weighted by Gasteiger charge is -2.20. The van der Waals surface area contributed by atoms with E-state index in [-0.39, 0.29) is 0 Å². The zero-order chi connectivity index (χ0) is 32.5. The highest BCUT2D eigenvalue weighted by molar-refractivity contribution is 5.72. The smallest absolute Gasteiger partial charge is 0.299 e. The predicted molar refractivity (Wildman–Crippen MR) is 196 cm³/mol. The van der Waals surface area contributed by atoms with Crippen molar-refractivity contribution in [2.75, 3.05) is 18.0 Å². The highest BCUT2D eigenvalue weighted by atomic mass is 15.2. The molecule has 0 saturated carbocycles. The van der Waals surface area contributed by atoms with Crippen LogP contribution in [-0.4, -0.2) is 17.7 Å². The van der Waals surface area contributed by atoms with Gasteiger partial charge in [-0.3, -0.25) is 0 Å². The minimum Gasteiger partial charge on any atom is -0.372 e. The van der Waals surface area contributed by atoms with Gasteiger partial charge in [0.15, 0.2) is 5.69 Å². The van der Waals surface area contributed by atoms with Crippen LogP contribution in [-0.2, 0) is 0 Å². The van der Waals surface area contributed by atoms with Crippen molar-refractivity contribution in [3.8, 4) is 34.0 Å². The Bertz CT molecular complexity index is 1730. The van der Waals surface area contributed by atoms with Gasteiger partial charge in [0.25, 0.3) is 5.82 Å². The fourth-order valence-electron chi connectivity index (χ4n) is 7.30. The number of aromatic nitrogens is 2. The number of anilines is 1. The van der Waals surface area contributed by atoms with Crippen LogP contribution in [0.2, 0.25) is 0 Å². The van der Waals surface area contributed by atoms with Crippen LogP contribution in [0.15, 0.2) is 97.2 Å². The summed E-state index contributed by atoms with van der Waals surface area (Å²) in [6.45, 7) is 20.9. The first kappa shape index (κ1) is 31.9. The van der Waals surface area contributed by atoms with Crippen LogP contribution in [0, 0.1) is 0 Å². The molecule has 0 aliphatic carbocycles. The molecule has 6 rings (SSSR count). The highest BCUT2D eigenvalue weighted by Gasteiger charge is 2.35. The molecule has 0 bridgehead atoms. The molecule has 5 aromatic rings. The second-order valence-corrected chi connectivity index (χ2v) is 14.3. The van der Waals surface area contributed by atoms with E-state index in [2.05, 4.69) is 167 Å². The Balaban J connectivity index is 1.77. The van der Waals surface area contributed by atoms with E-state index in [1.807, 2.05) is 0 Å². The third-order valence-corrected chi connectivity index (χ3v) is 9.75. The largest absolute Gasteiger partial charge is 0.372 e. The molecule has 1 aliphatic rings. The lowest BCUT2D eigenvalue weighted by molar-refractivity contribution is -0.583. The number of nitrogens with zero attached hydrogens (tertiary/aromatic N) is 3. The molecule has 4 aromatic carbocycles. The summed E-state index contributed by atoms with van der Waals surface area (Å²) in [7, 11) is 0. The van der Waals surface area contributed by atoms with Crippen molar-refractivity contribution < 1.29 is 4.57 Å². The van der Waals surface area contributed by atoms with Crippen LogP contribution in [0.25, 0.3) is 34.0 Å². The molecule has 2 heterocycles. The molecule has 0 unspecified atom stereocenters. The van der Waals surface area contributed by atoms with Crippen LogP contribution in [0.1, 0.15) is 114 Å². The lowest BCUT2D eigenvalue weighted by Crippen LogP contribution is -2.35. The summed E-state index contributed by atoms with van der Waals surface area (Å²) in [5.41, 5.74) is 13.1. The standard InChI is InChI=1S/C43H52N3/c1-29(2)36-18-14-19-37(30(3)4)41(36)45-28-40(33-22-24-35(25-23-33)44-26-12-13-27-44)46(43(45)34-16-10-9-11-17-34)42-38(31(5)6)20-15-21-39(42)32(7)8/h9-11,14-25,28-32H,12-13,26-27H2,1-8H3/q+1. The lowest BCUT2D eigenvalue weighted by atomic mass is 9.91. The fraction of sp³-hybridized carbons (Fsp3) is 0.372. The van der Waals surface area contributed by atoms with Gasteiger partial charge in [0.1, 0.15) is 17.6 Å². The zero-order valence-corrected chi connectivity index (χ0v) is 29.2. The predicted octanol–water partition coefficient (Wildman–Crippen LogP) is 11.2. The van der Waals surface area contributed by atoms with E-state index >= 15 is 0 Å². The van der Waals surface area contributed by atoms with Crippen LogP contribution in [0.4, 0.5) is 5.69 Å². The monoisotopic (exact) mass is 610 g/mol. The molecule has 3 heteroatoms. The van der Waals surface area contributed by atoms with E-state index in [4.69, 9.17) is 0 Å². The molecule has 0 atom stereocenters. The van der Waals surface area contributed by atoms with Crippen molar-refractivity contribution in [3.05, 3.63) is 119 Å². The summed E-state index contributed by atoms with van der Waals surface area (Å²) in [6.07, 6.45) is 4.99. The van der Waals surface area contributed by atoms with Crippen molar-refractivity contribution in [2.45, 2.75) is 91.9 Å². The average Bonchev–Trinajstić information content (AvgIpc) is 3.73. The number of hydrogen-bond donors (Lipinski definition) is 0. The first-order valence-electron chi connectivity index (χ1n) is 17.5. The summed E-state index contributed by atoms with van der Waals surface area (Å²) < 4.78 is 5.14. The molecular formula is C43H52N3+. The summed E-state index contributed by atoms with van der Waals surface area (Å²) in [6, 6.07) is 34.3.